The number of allylic oxidation sites excluding steroid dienone is 1. The second-order valence-electron chi connectivity index (χ2n) is 8.71. The van der Waals surface area contributed by atoms with Crippen LogP contribution >= 0.6 is 0 Å². The Hall–Kier alpha value is -1.29. The number of hydrogen-bond donors (Lipinski definition) is 0. The Morgan fingerprint density at radius 2 is 1.80 bits per heavy atom. The fraction of sp³-hybridized carbons (Fsp3) is 0.619. The number of rotatable bonds is 5. The van der Waals surface area contributed by atoms with Gasteiger partial charge in [-0.2, -0.15) is 0 Å². The molecule has 3 saturated carbocycles. The van der Waals surface area contributed by atoms with Gasteiger partial charge < -0.3 is 0 Å². The molecule has 0 saturated heterocycles. The monoisotopic (exact) mass is 357 g/mol. The predicted octanol–water partition coefficient (Wildman–Crippen LogP) is 4.35. The third-order valence-electron chi connectivity index (χ3n) is 7.45. The smallest absolute Gasteiger partial charge is 0.263 e. The first-order chi connectivity index (χ1) is 12.0. The quantitative estimate of drug-likeness (QED) is 0.786. The van der Waals surface area contributed by atoms with Crippen LogP contribution in [0.15, 0.2) is 41.4 Å². The van der Waals surface area contributed by atoms with E-state index in [1.54, 1.807) is 16.4 Å². The van der Waals surface area contributed by atoms with Crippen LogP contribution in [-0.4, -0.2) is 19.3 Å². The molecule has 1 heterocycles. The molecule has 0 spiro atoms. The molecular formula is C21H27NO2S. The summed E-state index contributed by atoms with van der Waals surface area (Å²) in [5.74, 6) is 2.36. The maximum atomic E-state index is 13.2. The minimum absolute atomic E-state index is 0.182. The van der Waals surface area contributed by atoms with Gasteiger partial charge in [0.15, 0.2) is 0 Å². The molecule has 4 heteroatoms. The van der Waals surface area contributed by atoms with E-state index in [1.165, 1.54) is 25.7 Å². The van der Waals surface area contributed by atoms with Crippen LogP contribution in [0, 0.1) is 35.5 Å². The van der Waals surface area contributed by atoms with E-state index in [2.05, 4.69) is 13.0 Å². The van der Waals surface area contributed by atoms with Crippen LogP contribution in [0.1, 0.15) is 44.6 Å². The van der Waals surface area contributed by atoms with Crippen molar-refractivity contribution in [3.05, 3.63) is 42.1 Å². The zero-order valence-electron chi connectivity index (χ0n) is 15.1. The van der Waals surface area contributed by atoms with Gasteiger partial charge in [-0.15, -0.1) is 0 Å². The zero-order valence-corrected chi connectivity index (χ0v) is 15.9. The Morgan fingerprint density at radius 3 is 2.36 bits per heavy atom. The van der Waals surface area contributed by atoms with Crippen LogP contribution in [0.5, 0.6) is 0 Å². The van der Waals surface area contributed by atoms with Crippen molar-refractivity contribution in [3.63, 3.8) is 0 Å². The van der Waals surface area contributed by atoms with Crippen molar-refractivity contribution >= 4 is 10.0 Å². The van der Waals surface area contributed by atoms with E-state index in [-0.39, 0.29) is 5.41 Å². The maximum absolute atomic E-state index is 13.2. The first-order valence-electron chi connectivity index (χ1n) is 9.73. The van der Waals surface area contributed by atoms with E-state index in [4.69, 9.17) is 0 Å². The van der Waals surface area contributed by atoms with E-state index in [0.29, 0.717) is 22.8 Å². The fourth-order valence-electron chi connectivity index (χ4n) is 6.00. The Bertz CT molecular complexity index is 835. The molecule has 0 N–H and O–H groups in total. The molecule has 3 unspecified atom stereocenters. The minimum atomic E-state index is -3.45. The molecule has 3 aliphatic carbocycles. The van der Waals surface area contributed by atoms with E-state index >= 15 is 0 Å². The van der Waals surface area contributed by atoms with Crippen LogP contribution in [0.2, 0.25) is 0 Å². The van der Waals surface area contributed by atoms with Gasteiger partial charge in [0.25, 0.3) is 10.0 Å². The van der Waals surface area contributed by atoms with Gasteiger partial charge in [0.1, 0.15) is 0 Å². The van der Waals surface area contributed by atoms with Gasteiger partial charge in [-0.25, -0.2) is 8.42 Å². The van der Waals surface area contributed by atoms with Gasteiger partial charge in [0.05, 0.1) is 4.90 Å². The summed E-state index contributed by atoms with van der Waals surface area (Å²) >= 11 is 0. The predicted molar refractivity (Wildman–Crippen MR) is 98.3 cm³/mol. The average Bonchev–Trinajstić information content (AvgIpc) is 3.44. The lowest BCUT2D eigenvalue weighted by atomic mass is 9.84. The van der Waals surface area contributed by atoms with Crippen molar-refractivity contribution in [2.24, 2.45) is 28.6 Å². The molecular weight excluding hydrogens is 330 g/mol. The second-order valence-corrected chi connectivity index (χ2v) is 10.6. The summed E-state index contributed by atoms with van der Waals surface area (Å²) in [6, 6.07) is 7.25. The summed E-state index contributed by atoms with van der Waals surface area (Å²) in [5, 5.41) is 0. The van der Waals surface area contributed by atoms with Crippen molar-refractivity contribution < 1.29 is 8.42 Å². The highest BCUT2D eigenvalue weighted by molar-refractivity contribution is 7.89. The first kappa shape index (κ1) is 15.9. The molecule has 25 heavy (non-hydrogen) atoms. The topological polar surface area (TPSA) is 37.4 Å². The molecule has 5 rings (SSSR count). The van der Waals surface area contributed by atoms with Crippen molar-refractivity contribution in [3.8, 4) is 0 Å². The molecule has 0 bridgehead atoms. The Labute approximate surface area is 151 Å². The molecule has 0 aromatic heterocycles. The molecule has 1 aromatic rings. The van der Waals surface area contributed by atoms with Crippen LogP contribution in [0.3, 0.4) is 0 Å². The fourth-order valence-corrected chi connectivity index (χ4v) is 7.37. The molecule has 0 amide bonds. The number of sulfonamides is 1. The Balaban J connectivity index is 1.52. The number of fused-ring (bicyclic) bond motifs is 1. The summed E-state index contributed by atoms with van der Waals surface area (Å²) in [6.07, 6.45) is 10.7. The van der Waals surface area contributed by atoms with Crippen molar-refractivity contribution in [2.45, 2.75) is 50.8 Å². The Kier molecular flexibility index (Phi) is 3.13. The summed E-state index contributed by atoms with van der Waals surface area (Å²) < 4.78 is 28.0. The van der Waals surface area contributed by atoms with Crippen molar-refractivity contribution in [1.82, 2.24) is 4.31 Å². The van der Waals surface area contributed by atoms with Crippen LogP contribution in [-0.2, 0) is 10.0 Å². The van der Waals surface area contributed by atoms with Gasteiger partial charge in [0.2, 0.25) is 0 Å². The molecule has 4 aliphatic rings. The summed E-state index contributed by atoms with van der Waals surface area (Å²) in [5.41, 5.74) is 1.58. The first-order valence-corrected chi connectivity index (χ1v) is 11.2. The second kappa shape index (κ2) is 4.91. The van der Waals surface area contributed by atoms with Gasteiger partial charge in [-0.1, -0.05) is 30.7 Å². The molecule has 3 fully saturated rings. The lowest BCUT2D eigenvalue weighted by Gasteiger charge is -2.33. The van der Waals surface area contributed by atoms with Gasteiger partial charge in [-0.05, 0) is 68.9 Å². The SMILES string of the molecule is CCC12CN(S(=O)(=O)c3ccc(C)cc3)C=CC1(C1CC1)C2C1CC1. The third kappa shape index (κ3) is 2.00. The van der Waals surface area contributed by atoms with E-state index in [9.17, 15) is 8.42 Å². The van der Waals surface area contributed by atoms with E-state index in [1.807, 2.05) is 25.3 Å². The number of aryl methyl sites for hydroxylation is 1. The lowest BCUT2D eigenvalue weighted by Crippen LogP contribution is -2.37. The number of nitrogens with zero attached hydrogens (tertiary/aromatic N) is 1. The van der Waals surface area contributed by atoms with Crippen LogP contribution < -0.4 is 0 Å². The molecule has 134 valence electrons. The molecule has 1 aliphatic heterocycles. The Morgan fingerprint density at radius 1 is 1.12 bits per heavy atom. The van der Waals surface area contributed by atoms with Crippen LogP contribution in [0.4, 0.5) is 0 Å². The average molecular weight is 358 g/mol. The molecule has 0 radical (unpaired) electrons. The lowest BCUT2D eigenvalue weighted by molar-refractivity contribution is 0.270. The van der Waals surface area contributed by atoms with Crippen LogP contribution in [0.25, 0.3) is 0 Å². The third-order valence-corrected chi connectivity index (χ3v) is 9.18. The summed E-state index contributed by atoms with van der Waals surface area (Å²) in [4.78, 5) is 0.413. The highest BCUT2D eigenvalue weighted by Crippen LogP contribution is 2.84. The van der Waals surface area contributed by atoms with Gasteiger partial charge in [0, 0.05) is 23.6 Å². The largest absolute Gasteiger partial charge is 0.273 e. The normalized spacial score (nSPS) is 37.0. The van der Waals surface area contributed by atoms with Crippen molar-refractivity contribution in [2.75, 3.05) is 6.54 Å². The molecule has 3 atom stereocenters. The number of benzene rings is 1. The van der Waals surface area contributed by atoms with E-state index < -0.39 is 10.0 Å². The van der Waals surface area contributed by atoms with Gasteiger partial charge >= 0.3 is 0 Å². The van der Waals surface area contributed by atoms with Crippen molar-refractivity contribution in [1.29, 1.82) is 0 Å². The molecule has 1 aromatic carbocycles. The summed E-state index contributed by atoms with van der Waals surface area (Å²) in [7, 11) is -3.45. The maximum Gasteiger partial charge on any atom is 0.263 e. The van der Waals surface area contributed by atoms with Gasteiger partial charge in [-0.3, -0.25) is 4.31 Å². The molecule has 3 nitrogen and oxygen atoms in total. The zero-order chi connectivity index (χ0) is 17.4. The standard InChI is InChI=1S/C21H27NO2S/c1-3-20-14-22(25(23,24)18-10-4-15(2)5-11-18)13-12-21(20,17-8-9-17)19(20)16-6-7-16/h4-5,10-13,16-17,19H,3,6-9,14H2,1-2H3. The highest BCUT2D eigenvalue weighted by atomic mass is 32.2. The number of hydrogen-bond acceptors (Lipinski definition) is 2. The highest BCUT2D eigenvalue weighted by Gasteiger charge is 2.81. The summed E-state index contributed by atoms with van der Waals surface area (Å²) in [6.45, 7) is 4.93. The minimum Gasteiger partial charge on any atom is -0.273 e. The van der Waals surface area contributed by atoms with E-state index in [0.717, 1.165) is 23.8 Å².